The first-order chi connectivity index (χ1) is 10.6. The minimum absolute atomic E-state index is 0.251. The number of ether oxygens (including phenoxy) is 2. The molecule has 0 bridgehead atoms. The maximum atomic E-state index is 12.6. The fourth-order valence-electron chi connectivity index (χ4n) is 2.48. The summed E-state index contributed by atoms with van der Waals surface area (Å²) in [5.41, 5.74) is -0.316. The molecule has 1 rings (SSSR count). The first kappa shape index (κ1) is 18.2. The minimum atomic E-state index is -1.25. The summed E-state index contributed by atoms with van der Waals surface area (Å²) in [4.78, 5) is 25.1. The van der Waals surface area contributed by atoms with E-state index in [0.717, 1.165) is 18.4 Å². The van der Waals surface area contributed by atoms with Gasteiger partial charge in [-0.15, -0.1) is 0 Å². The normalized spacial score (nSPS) is 11.0. The van der Waals surface area contributed by atoms with E-state index >= 15 is 0 Å². The van der Waals surface area contributed by atoms with Gasteiger partial charge in [-0.05, 0) is 32.3 Å². The van der Waals surface area contributed by atoms with Gasteiger partial charge < -0.3 is 9.47 Å². The zero-order chi connectivity index (χ0) is 16.4. The van der Waals surface area contributed by atoms with E-state index in [-0.39, 0.29) is 13.2 Å². The fraction of sp³-hybridized carbons (Fsp3) is 0.556. The number of esters is 2. The molecule has 0 atom stereocenters. The maximum Gasteiger partial charge on any atom is 0.323 e. The van der Waals surface area contributed by atoms with Gasteiger partial charge in [-0.2, -0.15) is 0 Å². The largest absolute Gasteiger partial charge is 0.465 e. The molecule has 122 valence electrons. The molecule has 1 aromatic rings. The molecule has 0 aliphatic carbocycles. The molecule has 0 aromatic heterocycles. The number of rotatable bonds is 9. The Balaban J connectivity index is 3.16. The van der Waals surface area contributed by atoms with Crippen molar-refractivity contribution >= 4 is 11.9 Å². The van der Waals surface area contributed by atoms with Gasteiger partial charge in [0.25, 0.3) is 0 Å². The summed E-state index contributed by atoms with van der Waals surface area (Å²) < 4.78 is 10.4. The molecule has 22 heavy (non-hydrogen) atoms. The smallest absolute Gasteiger partial charge is 0.323 e. The number of hydrogen-bond acceptors (Lipinski definition) is 4. The van der Waals surface area contributed by atoms with E-state index < -0.39 is 17.4 Å². The van der Waals surface area contributed by atoms with Crippen molar-refractivity contribution in [1.82, 2.24) is 0 Å². The van der Waals surface area contributed by atoms with Crippen molar-refractivity contribution in [2.24, 2.45) is 5.41 Å². The zero-order valence-corrected chi connectivity index (χ0v) is 13.8. The highest BCUT2D eigenvalue weighted by Gasteiger charge is 2.48. The van der Waals surface area contributed by atoms with E-state index in [4.69, 9.17) is 9.47 Å². The lowest BCUT2D eigenvalue weighted by Crippen LogP contribution is -2.44. The zero-order valence-electron chi connectivity index (χ0n) is 13.8. The van der Waals surface area contributed by atoms with Gasteiger partial charge in [0.05, 0.1) is 13.2 Å². The lowest BCUT2D eigenvalue weighted by atomic mass is 9.77. The van der Waals surface area contributed by atoms with E-state index in [1.807, 2.05) is 37.3 Å². The molecule has 4 nitrogen and oxygen atoms in total. The quantitative estimate of drug-likeness (QED) is 0.517. The topological polar surface area (TPSA) is 52.6 Å². The number of carbonyl (C=O) groups is 2. The molecule has 0 aliphatic heterocycles. The average Bonchev–Trinajstić information content (AvgIpc) is 2.52. The Morgan fingerprint density at radius 1 is 0.955 bits per heavy atom. The van der Waals surface area contributed by atoms with Crippen LogP contribution in [0, 0.1) is 5.41 Å². The third-order valence-electron chi connectivity index (χ3n) is 3.64. The van der Waals surface area contributed by atoms with Crippen molar-refractivity contribution in [2.75, 3.05) is 13.2 Å². The second-order valence-corrected chi connectivity index (χ2v) is 5.29. The highest BCUT2D eigenvalue weighted by atomic mass is 16.6. The van der Waals surface area contributed by atoms with Gasteiger partial charge in [0.15, 0.2) is 5.41 Å². The van der Waals surface area contributed by atoms with Crippen molar-refractivity contribution in [2.45, 2.75) is 46.5 Å². The third kappa shape index (κ3) is 4.58. The lowest BCUT2D eigenvalue weighted by Gasteiger charge is -2.29. The molecule has 0 N–H and O–H groups in total. The van der Waals surface area contributed by atoms with Crippen LogP contribution in [0.3, 0.4) is 0 Å². The molecule has 0 heterocycles. The van der Waals surface area contributed by atoms with E-state index in [9.17, 15) is 9.59 Å². The molecule has 4 heteroatoms. The van der Waals surface area contributed by atoms with Crippen molar-refractivity contribution in [1.29, 1.82) is 0 Å². The first-order valence-corrected chi connectivity index (χ1v) is 7.99. The van der Waals surface area contributed by atoms with Crippen LogP contribution in [0.2, 0.25) is 0 Å². The van der Waals surface area contributed by atoms with Gasteiger partial charge in [-0.25, -0.2) is 0 Å². The van der Waals surface area contributed by atoms with Crippen LogP contribution in [0.1, 0.15) is 45.6 Å². The summed E-state index contributed by atoms with van der Waals surface area (Å²) in [6.07, 6.45) is 2.42. The predicted octanol–water partition coefficient (Wildman–Crippen LogP) is 3.53. The molecular formula is C18H26O4. The van der Waals surface area contributed by atoms with Crippen LogP contribution in [-0.4, -0.2) is 25.2 Å². The number of carbonyl (C=O) groups excluding carboxylic acids is 2. The average molecular weight is 306 g/mol. The Hall–Kier alpha value is -1.84. The number of hydrogen-bond donors (Lipinski definition) is 0. The predicted molar refractivity (Wildman–Crippen MR) is 85.4 cm³/mol. The van der Waals surface area contributed by atoms with E-state index in [0.29, 0.717) is 12.8 Å². The summed E-state index contributed by atoms with van der Waals surface area (Å²) in [5, 5.41) is 0. The van der Waals surface area contributed by atoms with E-state index in [1.165, 1.54) is 0 Å². The van der Waals surface area contributed by atoms with Crippen molar-refractivity contribution < 1.29 is 19.1 Å². The van der Waals surface area contributed by atoms with Crippen LogP contribution < -0.4 is 0 Å². The lowest BCUT2D eigenvalue weighted by molar-refractivity contribution is -0.172. The van der Waals surface area contributed by atoms with Gasteiger partial charge in [0, 0.05) is 0 Å². The Morgan fingerprint density at radius 2 is 1.50 bits per heavy atom. The maximum absolute atomic E-state index is 12.6. The minimum Gasteiger partial charge on any atom is -0.465 e. The third-order valence-corrected chi connectivity index (χ3v) is 3.64. The van der Waals surface area contributed by atoms with Crippen LogP contribution in [0.15, 0.2) is 30.3 Å². The summed E-state index contributed by atoms with van der Waals surface area (Å²) >= 11 is 0. The second-order valence-electron chi connectivity index (χ2n) is 5.29. The summed E-state index contributed by atoms with van der Waals surface area (Å²) in [6, 6.07) is 9.54. The molecule has 0 fully saturated rings. The van der Waals surface area contributed by atoms with Gasteiger partial charge in [0.1, 0.15) is 0 Å². The van der Waals surface area contributed by atoms with Crippen LogP contribution in [0.25, 0.3) is 0 Å². The molecule has 0 unspecified atom stereocenters. The standard InChI is InChI=1S/C18H26O4/c1-4-7-13-18(16(19)21-5-2,17(20)22-6-3)14-15-11-9-8-10-12-15/h8-12H,4-7,13-14H2,1-3H3. The van der Waals surface area contributed by atoms with Crippen molar-refractivity contribution in [3.63, 3.8) is 0 Å². The second kappa shape index (κ2) is 9.23. The summed E-state index contributed by atoms with van der Waals surface area (Å²) in [7, 11) is 0. The molecule has 0 amide bonds. The van der Waals surface area contributed by atoms with Crippen LogP contribution >= 0.6 is 0 Å². The van der Waals surface area contributed by atoms with Crippen molar-refractivity contribution in [3.05, 3.63) is 35.9 Å². The Morgan fingerprint density at radius 3 is 1.95 bits per heavy atom. The molecule has 0 spiro atoms. The summed E-state index contributed by atoms with van der Waals surface area (Å²) in [6.45, 7) is 6.03. The first-order valence-electron chi connectivity index (χ1n) is 7.99. The highest BCUT2D eigenvalue weighted by Crippen LogP contribution is 2.33. The number of benzene rings is 1. The number of unbranched alkanes of at least 4 members (excludes halogenated alkanes) is 1. The molecule has 0 saturated heterocycles. The van der Waals surface area contributed by atoms with Gasteiger partial charge >= 0.3 is 11.9 Å². The molecular weight excluding hydrogens is 280 g/mol. The fourth-order valence-corrected chi connectivity index (χ4v) is 2.48. The Bertz CT molecular complexity index is 449. The van der Waals surface area contributed by atoms with Crippen molar-refractivity contribution in [3.8, 4) is 0 Å². The highest BCUT2D eigenvalue weighted by molar-refractivity contribution is 6.00. The SMILES string of the molecule is CCCCC(Cc1ccccc1)(C(=O)OCC)C(=O)OCC. The molecule has 0 aliphatic rings. The molecule has 0 saturated carbocycles. The van der Waals surface area contributed by atoms with Gasteiger partial charge in [-0.1, -0.05) is 50.1 Å². The van der Waals surface area contributed by atoms with Gasteiger partial charge in [0.2, 0.25) is 0 Å². The Labute approximate surface area is 132 Å². The molecule has 1 aromatic carbocycles. The van der Waals surface area contributed by atoms with Gasteiger partial charge in [-0.3, -0.25) is 9.59 Å². The monoisotopic (exact) mass is 306 g/mol. The summed E-state index contributed by atoms with van der Waals surface area (Å²) in [5.74, 6) is -0.962. The van der Waals surface area contributed by atoms with E-state index in [2.05, 4.69) is 0 Å². The van der Waals surface area contributed by atoms with Crippen LogP contribution in [-0.2, 0) is 25.5 Å². The molecule has 0 radical (unpaired) electrons. The van der Waals surface area contributed by atoms with E-state index in [1.54, 1.807) is 13.8 Å². The van der Waals surface area contributed by atoms with Crippen LogP contribution in [0.4, 0.5) is 0 Å². The van der Waals surface area contributed by atoms with Crippen LogP contribution in [0.5, 0.6) is 0 Å². The Kier molecular flexibility index (Phi) is 7.64.